The molecule has 4 atom stereocenters. The molecule has 0 saturated carbocycles. The van der Waals surface area contributed by atoms with Gasteiger partial charge in [-0.15, -0.1) is 0 Å². The fraction of sp³-hybridized carbons (Fsp3) is 0.455. The Morgan fingerprint density at radius 2 is 2.05 bits per heavy atom. The molecule has 0 aliphatic carbocycles. The van der Waals surface area contributed by atoms with Gasteiger partial charge in [0, 0.05) is 11.8 Å². The minimum Gasteiger partial charge on any atom is -0.388 e. The summed E-state index contributed by atoms with van der Waals surface area (Å²) in [6.07, 6.45) is -4.89. The number of rotatable bonds is 3. The van der Waals surface area contributed by atoms with Crippen LogP contribution >= 0.6 is 11.6 Å². The Balaban J connectivity index is 2.14. The number of halogens is 1. The molecule has 1 aromatic rings. The lowest BCUT2D eigenvalue weighted by molar-refractivity contribution is -0.384. The minimum atomic E-state index is -1.37. The quantitative estimate of drug-likeness (QED) is 0.461. The fourth-order valence-corrected chi connectivity index (χ4v) is 2.03. The first-order valence-electron chi connectivity index (χ1n) is 5.76. The lowest BCUT2D eigenvalue weighted by Crippen LogP contribution is -2.55. The lowest BCUT2D eigenvalue weighted by Gasteiger charge is -2.35. The van der Waals surface area contributed by atoms with E-state index in [0.29, 0.717) is 5.69 Å². The summed E-state index contributed by atoms with van der Waals surface area (Å²) in [7, 11) is 0. The molecular weight excluding hydrogens is 292 g/mol. The highest BCUT2D eigenvalue weighted by Gasteiger charge is 2.37. The van der Waals surface area contributed by atoms with Crippen molar-refractivity contribution in [2.75, 3.05) is 11.9 Å². The standard InChI is InChI=1S/C11H13ClN2O6/c12-6-2-1-5(3-7(6)14(18)19)13-11-10(17)9(16)8(15)4-20-11/h1-3,8-11,13,15-17H,4H2/t8-,9+,10+,11+/m0/s1. The lowest BCUT2D eigenvalue weighted by atomic mass is 10.0. The highest BCUT2D eigenvalue weighted by Crippen LogP contribution is 2.28. The average Bonchev–Trinajstić information content (AvgIpc) is 2.41. The van der Waals surface area contributed by atoms with E-state index in [4.69, 9.17) is 16.3 Å². The maximum Gasteiger partial charge on any atom is 0.289 e. The highest BCUT2D eigenvalue weighted by atomic mass is 35.5. The first kappa shape index (κ1) is 14.9. The van der Waals surface area contributed by atoms with Gasteiger partial charge in [0.15, 0.2) is 6.23 Å². The predicted octanol–water partition coefficient (Wildman–Crippen LogP) is 0.0991. The largest absolute Gasteiger partial charge is 0.388 e. The van der Waals surface area contributed by atoms with Gasteiger partial charge < -0.3 is 25.4 Å². The van der Waals surface area contributed by atoms with E-state index >= 15 is 0 Å². The molecule has 0 unspecified atom stereocenters. The minimum absolute atomic E-state index is 0.0129. The van der Waals surface area contributed by atoms with Gasteiger partial charge in [0.2, 0.25) is 0 Å². The first-order valence-corrected chi connectivity index (χ1v) is 6.14. The summed E-state index contributed by atoms with van der Waals surface area (Å²) in [5.41, 5.74) is 0.0105. The van der Waals surface area contributed by atoms with Crippen LogP contribution in [0.1, 0.15) is 0 Å². The van der Waals surface area contributed by atoms with E-state index in [1.165, 1.54) is 18.2 Å². The summed E-state index contributed by atoms with van der Waals surface area (Å²) in [5.74, 6) is 0. The van der Waals surface area contributed by atoms with Crippen molar-refractivity contribution in [3.8, 4) is 0 Å². The maximum atomic E-state index is 10.8. The van der Waals surface area contributed by atoms with Crippen molar-refractivity contribution in [2.45, 2.75) is 24.5 Å². The monoisotopic (exact) mass is 304 g/mol. The molecule has 0 aromatic heterocycles. The number of hydrogen-bond acceptors (Lipinski definition) is 7. The van der Waals surface area contributed by atoms with E-state index in [1.807, 2.05) is 0 Å². The van der Waals surface area contributed by atoms with Crippen LogP contribution in [0.2, 0.25) is 5.02 Å². The van der Waals surface area contributed by atoms with E-state index < -0.39 is 29.5 Å². The van der Waals surface area contributed by atoms with Crippen LogP contribution in [0.15, 0.2) is 18.2 Å². The fourth-order valence-electron chi connectivity index (χ4n) is 1.84. The number of nitrogens with zero attached hydrogens (tertiary/aromatic N) is 1. The van der Waals surface area contributed by atoms with Gasteiger partial charge in [-0.25, -0.2) is 0 Å². The third-order valence-electron chi connectivity index (χ3n) is 2.95. The molecule has 0 radical (unpaired) electrons. The topological polar surface area (TPSA) is 125 Å². The molecule has 0 spiro atoms. The summed E-state index contributed by atoms with van der Waals surface area (Å²) in [5, 5.41) is 42.0. The van der Waals surface area contributed by atoms with E-state index in [2.05, 4.69) is 5.32 Å². The molecule has 1 aromatic carbocycles. The molecule has 1 heterocycles. The van der Waals surface area contributed by atoms with Gasteiger partial charge in [-0.2, -0.15) is 0 Å². The summed E-state index contributed by atoms with van der Waals surface area (Å²) < 4.78 is 5.13. The Kier molecular flexibility index (Phi) is 4.41. The van der Waals surface area contributed by atoms with Crippen molar-refractivity contribution >= 4 is 23.0 Å². The van der Waals surface area contributed by atoms with Crippen molar-refractivity contribution in [1.29, 1.82) is 0 Å². The molecule has 8 nitrogen and oxygen atoms in total. The predicted molar refractivity (Wildman–Crippen MR) is 69.5 cm³/mol. The zero-order chi connectivity index (χ0) is 14.9. The molecule has 20 heavy (non-hydrogen) atoms. The van der Waals surface area contributed by atoms with Crippen LogP contribution in [-0.4, -0.2) is 51.4 Å². The summed E-state index contributed by atoms with van der Waals surface area (Å²) in [6, 6.07) is 4.00. The van der Waals surface area contributed by atoms with Crippen molar-refractivity contribution < 1.29 is 25.0 Å². The Hall–Kier alpha value is -1.45. The van der Waals surface area contributed by atoms with Crippen molar-refractivity contribution in [3.63, 3.8) is 0 Å². The van der Waals surface area contributed by atoms with Crippen LogP contribution in [0.5, 0.6) is 0 Å². The molecular formula is C11H13ClN2O6. The van der Waals surface area contributed by atoms with Gasteiger partial charge in [0.05, 0.1) is 11.5 Å². The van der Waals surface area contributed by atoms with E-state index in [0.717, 1.165) is 0 Å². The van der Waals surface area contributed by atoms with Crippen LogP contribution < -0.4 is 5.32 Å². The summed E-state index contributed by atoms with van der Waals surface area (Å²) >= 11 is 5.68. The van der Waals surface area contributed by atoms with Crippen molar-refractivity contribution in [2.24, 2.45) is 0 Å². The third-order valence-corrected chi connectivity index (χ3v) is 3.27. The second-order valence-corrected chi connectivity index (χ2v) is 4.78. The second kappa shape index (κ2) is 5.90. The SMILES string of the molecule is O=[N+]([O-])c1cc(N[C@@H]2OC[C@H](O)[C@@H](O)[C@H]2O)ccc1Cl. The molecule has 4 N–H and O–H groups in total. The van der Waals surface area contributed by atoms with Gasteiger partial charge in [0.25, 0.3) is 5.69 Å². The molecule has 1 fully saturated rings. The Labute approximate surface area is 118 Å². The molecule has 2 rings (SSSR count). The number of nitrogens with one attached hydrogen (secondary N) is 1. The molecule has 0 amide bonds. The van der Waals surface area contributed by atoms with Crippen LogP contribution in [0.3, 0.4) is 0 Å². The first-order chi connectivity index (χ1) is 9.40. The summed E-state index contributed by atoms with van der Waals surface area (Å²) in [6.45, 7) is -0.161. The van der Waals surface area contributed by atoms with Gasteiger partial charge in [-0.05, 0) is 12.1 Å². The van der Waals surface area contributed by atoms with Crippen LogP contribution in [0.25, 0.3) is 0 Å². The number of benzene rings is 1. The van der Waals surface area contributed by atoms with Crippen LogP contribution in [-0.2, 0) is 4.74 Å². The normalized spacial score (nSPS) is 30.0. The third kappa shape index (κ3) is 3.00. The number of nitro groups is 1. The molecule has 9 heteroatoms. The number of hydrogen-bond donors (Lipinski definition) is 4. The van der Waals surface area contributed by atoms with Gasteiger partial charge >= 0.3 is 0 Å². The average molecular weight is 305 g/mol. The number of nitro benzene ring substituents is 1. The van der Waals surface area contributed by atoms with E-state index in [1.54, 1.807) is 0 Å². The Morgan fingerprint density at radius 3 is 2.70 bits per heavy atom. The van der Waals surface area contributed by atoms with Crippen molar-refractivity contribution in [1.82, 2.24) is 0 Å². The zero-order valence-electron chi connectivity index (χ0n) is 10.1. The Morgan fingerprint density at radius 1 is 1.35 bits per heavy atom. The number of aliphatic hydroxyl groups excluding tert-OH is 3. The number of anilines is 1. The summed E-state index contributed by atoms with van der Waals surface area (Å²) in [4.78, 5) is 10.1. The van der Waals surface area contributed by atoms with Crippen molar-refractivity contribution in [3.05, 3.63) is 33.3 Å². The molecule has 110 valence electrons. The number of aliphatic hydroxyl groups is 3. The van der Waals surface area contributed by atoms with E-state index in [-0.39, 0.29) is 17.3 Å². The molecule has 1 aliphatic heterocycles. The zero-order valence-corrected chi connectivity index (χ0v) is 10.9. The number of ether oxygens (including phenoxy) is 1. The second-order valence-electron chi connectivity index (χ2n) is 4.37. The molecule has 1 aliphatic rings. The molecule has 1 saturated heterocycles. The van der Waals surface area contributed by atoms with Gasteiger partial charge in [-0.3, -0.25) is 10.1 Å². The van der Waals surface area contributed by atoms with E-state index in [9.17, 15) is 25.4 Å². The van der Waals surface area contributed by atoms with Gasteiger partial charge in [-0.1, -0.05) is 11.6 Å². The highest BCUT2D eigenvalue weighted by molar-refractivity contribution is 6.32. The smallest absolute Gasteiger partial charge is 0.289 e. The van der Waals surface area contributed by atoms with Gasteiger partial charge in [0.1, 0.15) is 23.3 Å². The Bertz CT molecular complexity index is 514. The maximum absolute atomic E-state index is 10.8. The molecule has 0 bridgehead atoms. The van der Waals surface area contributed by atoms with Crippen LogP contribution in [0, 0.1) is 10.1 Å². The van der Waals surface area contributed by atoms with Crippen LogP contribution in [0.4, 0.5) is 11.4 Å².